The molecule has 39 heavy (non-hydrogen) atoms. The maximum atomic E-state index is 13.6. The van der Waals surface area contributed by atoms with E-state index in [9.17, 15) is 14.3 Å². The van der Waals surface area contributed by atoms with Crippen molar-refractivity contribution in [2.45, 2.75) is 12.5 Å². The van der Waals surface area contributed by atoms with Crippen molar-refractivity contribution in [1.82, 2.24) is 15.4 Å². The number of hydrogen-bond donors (Lipinski definition) is 4. The summed E-state index contributed by atoms with van der Waals surface area (Å²) in [6.07, 6.45) is 3.34. The third-order valence-electron chi connectivity index (χ3n) is 5.70. The fourth-order valence-corrected chi connectivity index (χ4v) is 4.37. The summed E-state index contributed by atoms with van der Waals surface area (Å²) in [5.74, 6) is 0.368. The third-order valence-corrected chi connectivity index (χ3v) is 6.63. The number of aromatic nitrogens is 2. The van der Waals surface area contributed by atoms with Crippen LogP contribution in [0, 0.1) is 5.82 Å². The van der Waals surface area contributed by atoms with Crippen LogP contribution in [0.5, 0.6) is 11.5 Å². The number of nitrogens with zero attached hydrogens (tertiary/aromatic N) is 3. The molecule has 0 saturated carbocycles. The summed E-state index contributed by atoms with van der Waals surface area (Å²) in [7, 11) is 0. The Kier molecular flexibility index (Phi) is 8.05. The summed E-state index contributed by atoms with van der Waals surface area (Å²) in [6, 6.07) is 11.8. The first-order valence-electron chi connectivity index (χ1n) is 11.7. The van der Waals surface area contributed by atoms with E-state index < -0.39 is 11.8 Å². The van der Waals surface area contributed by atoms with Gasteiger partial charge in [0.15, 0.2) is 0 Å². The molecular weight excluding hydrogens is 595 g/mol. The molecule has 13 heteroatoms. The van der Waals surface area contributed by atoms with Gasteiger partial charge in [-0.3, -0.25) is 0 Å². The summed E-state index contributed by atoms with van der Waals surface area (Å²) in [5.41, 5.74) is 4.49. The number of hydrogen-bond acceptors (Lipinski definition) is 8. The van der Waals surface area contributed by atoms with E-state index in [1.165, 1.54) is 36.8 Å². The predicted molar refractivity (Wildman–Crippen MR) is 150 cm³/mol. The molecular formula is C26H21BrClFN6O4. The summed E-state index contributed by atoms with van der Waals surface area (Å²) in [4.78, 5) is 21.4. The molecule has 200 valence electrons. The molecule has 10 nitrogen and oxygen atoms in total. The fourth-order valence-electron chi connectivity index (χ4n) is 3.79. The predicted octanol–water partition coefficient (Wildman–Crippen LogP) is 5.96. The zero-order valence-electron chi connectivity index (χ0n) is 20.1. The van der Waals surface area contributed by atoms with Crippen molar-refractivity contribution in [1.29, 1.82) is 0 Å². The number of halogens is 3. The smallest absolute Gasteiger partial charge is 0.339 e. The van der Waals surface area contributed by atoms with Gasteiger partial charge in [-0.1, -0.05) is 11.6 Å². The SMILES string of the molecule is O=C(N/N=C/c1ccc(O)c(Br)c1)Nc1cc2c(Nc3ccc(F)c(Cl)c3)ncnc2cc1O[C@H]1CCOC1. The molecule has 1 aromatic heterocycles. The van der Waals surface area contributed by atoms with Crippen LogP contribution < -0.4 is 20.8 Å². The molecule has 4 aromatic rings. The zero-order chi connectivity index (χ0) is 27.4. The van der Waals surface area contributed by atoms with Crippen molar-refractivity contribution in [2.24, 2.45) is 5.10 Å². The van der Waals surface area contributed by atoms with Crippen molar-refractivity contribution in [3.8, 4) is 11.5 Å². The lowest BCUT2D eigenvalue weighted by Crippen LogP contribution is -2.25. The molecule has 0 aliphatic carbocycles. The number of phenols is 1. The van der Waals surface area contributed by atoms with Gasteiger partial charge in [0, 0.05) is 23.6 Å². The molecule has 1 fully saturated rings. The Bertz CT molecular complexity index is 1570. The van der Waals surface area contributed by atoms with Gasteiger partial charge in [0.2, 0.25) is 0 Å². The second-order valence-electron chi connectivity index (χ2n) is 8.48. The highest BCUT2D eigenvalue weighted by Crippen LogP contribution is 2.35. The molecule has 5 rings (SSSR count). The Morgan fingerprint density at radius 1 is 1.23 bits per heavy atom. The molecule has 2 amide bonds. The van der Waals surface area contributed by atoms with E-state index in [1.807, 2.05) is 0 Å². The number of phenolic OH excluding ortho intramolecular Hbond substituents is 1. The number of aromatic hydroxyl groups is 1. The molecule has 0 bridgehead atoms. The molecule has 1 aliphatic heterocycles. The van der Waals surface area contributed by atoms with E-state index >= 15 is 0 Å². The van der Waals surface area contributed by atoms with Crippen LogP contribution in [0.4, 0.5) is 26.4 Å². The van der Waals surface area contributed by atoms with E-state index in [4.69, 9.17) is 21.1 Å². The average Bonchev–Trinajstić information content (AvgIpc) is 3.42. The van der Waals surface area contributed by atoms with E-state index in [0.29, 0.717) is 63.5 Å². The molecule has 0 radical (unpaired) electrons. The molecule has 1 aliphatic rings. The molecule has 1 saturated heterocycles. The van der Waals surface area contributed by atoms with Crippen LogP contribution in [-0.4, -0.2) is 46.6 Å². The Morgan fingerprint density at radius 2 is 2.10 bits per heavy atom. The molecule has 0 spiro atoms. The van der Waals surface area contributed by atoms with Crippen molar-refractivity contribution in [3.05, 3.63) is 75.7 Å². The number of benzene rings is 3. The van der Waals surface area contributed by atoms with Crippen LogP contribution in [0.1, 0.15) is 12.0 Å². The molecule has 3 aromatic carbocycles. The number of nitrogens with one attached hydrogen (secondary N) is 3. The largest absolute Gasteiger partial charge is 0.507 e. The highest BCUT2D eigenvalue weighted by molar-refractivity contribution is 9.10. The normalized spacial score (nSPS) is 15.0. The lowest BCUT2D eigenvalue weighted by molar-refractivity contribution is 0.142. The van der Waals surface area contributed by atoms with Gasteiger partial charge in [0.05, 0.1) is 40.1 Å². The van der Waals surface area contributed by atoms with Gasteiger partial charge in [-0.25, -0.2) is 24.6 Å². The Labute approximate surface area is 235 Å². The fraction of sp³-hybridized carbons (Fsp3) is 0.154. The summed E-state index contributed by atoms with van der Waals surface area (Å²) in [6.45, 7) is 1.01. The van der Waals surface area contributed by atoms with E-state index in [0.717, 1.165) is 0 Å². The van der Waals surface area contributed by atoms with E-state index in [2.05, 4.69) is 47.1 Å². The number of anilines is 3. The van der Waals surface area contributed by atoms with Gasteiger partial charge >= 0.3 is 6.03 Å². The maximum absolute atomic E-state index is 13.6. The number of hydrazone groups is 1. The monoisotopic (exact) mass is 614 g/mol. The maximum Gasteiger partial charge on any atom is 0.339 e. The highest BCUT2D eigenvalue weighted by Gasteiger charge is 2.21. The summed E-state index contributed by atoms with van der Waals surface area (Å²) < 4.78 is 25.7. The minimum absolute atomic E-state index is 0.0351. The first-order chi connectivity index (χ1) is 18.9. The van der Waals surface area contributed by atoms with Crippen molar-refractivity contribution in [2.75, 3.05) is 23.8 Å². The van der Waals surface area contributed by atoms with Crippen molar-refractivity contribution in [3.63, 3.8) is 0 Å². The number of urea groups is 1. The van der Waals surface area contributed by atoms with Gasteiger partial charge in [-0.05, 0) is 64.0 Å². The van der Waals surface area contributed by atoms with Gasteiger partial charge in [-0.2, -0.15) is 5.10 Å². The average molecular weight is 616 g/mol. The topological polar surface area (TPSA) is 130 Å². The third kappa shape index (κ3) is 6.53. The molecule has 0 unspecified atom stereocenters. The van der Waals surface area contributed by atoms with Gasteiger partial charge < -0.3 is 25.2 Å². The van der Waals surface area contributed by atoms with Crippen LogP contribution >= 0.6 is 27.5 Å². The first-order valence-corrected chi connectivity index (χ1v) is 12.9. The van der Waals surface area contributed by atoms with Crippen LogP contribution in [0.25, 0.3) is 10.9 Å². The van der Waals surface area contributed by atoms with Gasteiger partial charge in [0.25, 0.3) is 0 Å². The lowest BCUT2D eigenvalue weighted by Gasteiger charge is -2.18. The molecule has 2 heterocycles. The van der Waals surface area contributed by atoms with Crippen LogP contribution in [0.3, 0.4) is 0 Å². The molecule has 4 N–H and O–H groups in total. The minimum Gasteiger partial charge on any atom is -0.507 e. The highest BCUT2D eigenvalue weighted by atomic mass is 79.9. The number of carbonyl (C=O) groups is 1. The van der Waals surface area contributed by atoms with Crippen molar-refractivity contribution < 1.29 is 23.8 Å². The number of amides is 2. The number of rotatable bonds is 7. The Balaban J connectivity index is 1.41. The number of carbonyl (C=O) groups excluding carboxylic acids is 1. The van der Waals surface area contributed by atoms with Crippen LogP contribution in [-0.2, 0) is 4.74 Å². The first kappa shape index (κ1) is 26.6. The van der Waals surface area contributed by atoms with Crippen molar-refractivity contribution >= 4 is 67.9 Å². The van der Waals surface area contributed by atoms with Gasteiger partial charge in [-0.15, -0.1) is 0 Å². The second kappa shape index (κ2) is 11.8. The van der Waals surface area contributed by atoms with Crippen LogP contribution in [0.2, 0.25) is 5.02 Å². The summed E-state index contributed by atoms with van der Waals surface area (Å²) in [5, 5.41) is 20.0. The number of fused-ring (bicyclic) bond motifs is 1. The lowest BCUT2D eigenvalue weighted by atomic mass is 10.1. The molecule has 1 atom stereocenters. The second-order valence-corrected chi connectivity index (χ2v) is 9.74. The Morgan fingerprint density at radius 3 is 2.87 bits per heavy atom. The van der Waals surface area contributed by atoms with E-state index in [1.54, 1.807) is 24.3 Å². The quantitative estimate of drug-likeness (QED) is 0.149. The summed E-state index contributed by atoms with van der Waals surface area (Å²) >= 11 is 9.16. The minimum atomic E-state index is -0.618. The Hall–Kier alpha value is -4.00. The standard InChI is InChI=1S/C26H21BrClFN6O4/c27-18-7-14(1-4-23(18)36)11-32-35-26(37)34-22-9-17-21(10-24(22)39-16-5-6-38-12-16)30-13-31-25(17)33-15-2-3-20(29)19(28)8-15/h1-4,7-11,13,16,36H,5-6,12H2,(H,30,31,33)(H2,34,35,37)/b32-11+/t16-/m0/s1. The zero-order valence-corrected chi connectivity index (χ0v) is 22.5. The van der Waals surface area contributed by atoms with Gasteiger partial charge in [0.1, 0.15) is 35.6 Å². The van der Waals surface area contributed by atoms with Crippen LogP contribution in [0.15, 0.2) is 64.4 Å². The number of ether oxygens (including phenoxy) is 2. The van der Waals surface area contributed by atoms with E-state index in [-0.39, 0.29) is 16.9 Å².